The molecule has 1 rings (SSSR count). The standard InChI is InChI=1S/C6H5ClF2/c7-5-3-1-2-4-6(5,8)9/h1-5H. The van der Waals surface area contributed by atoms with E-state index >= 15 is 0 Å². The van der Waals surface area contributed by atoms with Gasteiger partial charge >= 0.3 is 0 Å². The van der Waals surface area contributed by atoms with Crippen molar-refractivity contribution < 1.29 is 8.78 Å². The Kier molecular flexibility index (Phi) is 1.58. The first-order valence-corrected chi connectivity index (χ1v) is 2.94. The van der Waals surface area contributed by atoms with Crippen LogP contribution in [0.25, 0.3) is 0 Å². The van der Waals surface area contributed by atoms with E-state index in [0.717, 1.165) is 6.08 Å². The third-order valence-electron chi connectivity index (χ3n) is 1.08. The fourth-order valence-corrected chi connectivity index (χ4v) is 0.723. The highest BCUT2D eigenvalue weighted by Crippen LogP contribution is 2.28. The Labute approximate surface area is 56.8 Å². The predicted octanol–water partition coefficient (Wildman–Crippen LogP) is 2.36. The van der Waals surface area contributed by atoms with Crippen molar-refractivity contribution in [2.24, 2.45) is 0 Å². The second-order valence-corrected chi connectivity index (χ2v) is 2.29. The molecule has 0 aromatic carbocycles. The molecular formula is C6H5ClF2. The van der Waals surface area contributed by atoms with Crippen LogP contribution in [-0.2, 0) is 0 Å². The lowest BCUT2D eigenvalue weighted by molar-refractivity contribution is 0.0613. The Balaban J connectivity index is 2.78. The van der Waals surface area contributed by atoms with Crippen molar-refractivity contribution in [3.05, 3.63) is 24.3 Å². The number of halogens is 3. The van der Waals surface area contributed by atoms with E-state index in [1.165, 1.54) is 18.2 Å². The summed E-state index contributed by atoms with van der Waals surface area (Å²) in [4.78, 5) is 0. The molecule has 0 saturated carbocycles. The minimum Gasteiger partial charge on any atom is -0.200 e. The van der Waals surface area contributed by atoms with Gasteiger partial charge in [-0.05, 0) is 6.08 Å². The molecule has 0 N–H and O–H groups in total. The monoisotopic (exact) mass is 150 g/mol. The molecule has 9 heavy (non-hydrogen) atoms. The first-order chi connectivity index (χ1) is 4.13. The van der Waals surface area contributed by atoms with Gasteiger partial charge in [0, 0.05) is 0 Å². The van der Waals surface area contributed by atoms with E-state index in [1.54, 1.807) is 0 Å². The van der Waals surface area contributed by atoms with E-state index in [-0.39, 0.29) is 0 Å². The maximum Gasteiger partial charge on any atom is 0.286 e. The molecule has 0 aliphatic heterocycles. The third-order valence-corrected chi connectivity index (χ3v) is 1.51. The summed E-state index contributed by atoms with van der Waals surface area (Å²) in [5.74, 6) is -2.86. The largest absolute Gasteiger partial charge is 0.286 e. The summed E-state index contributed by atoms with van der Waals surface area (Å²) >= 11 is 5.22. The summed E-state index contributed by atoms with van der Waals surface area (Å²) in [6.45, 7) is 0. The maximum absolute atomic E-state index is 12.3. The summed E-state index contributed by atoms with van der Waals surface area (Å²) in [5.41, 5.74) is 0. The molecule has 0 aromatic heterocycles. The van der Waals surface area contributed by atoms with Crippen LogP contribution in [0, 0.1) is 0 Å². The van der Waals surface area contributed by atoms with Crippen LogP contribution in [0.5, 0.6) is 0 Å². The first kappa shape index (κ1) is 6.75. The zero-order chi connectivity index (χ0) is 6.91. The van der Waals surface area contributed by atoms with Crippen molar-refractivity contribution >= 4 is 11.6 Å². The summed E-state index contributed by atoms with van der Waals surface area (Å²) in [6.07, 6.45) is 4.86. The van der Waals surface area contributed by atoms with Crippen LogP contribution in [0.3, 0.4) is 0 Å². The van der Waals surface area contributed by atoms with Gasteiger partial charge in [-0.2, -0.15) is 8.78 Å². The quantitative estimate of drug-likeness (QED) is 0.465. The van der Waals surface area contributed by atoms with Crippen LogP contribution in [0.15, 0.2) is 24.3 Å². The van der Waals surface area contributed by atoms with Gasteiger partial charge in [0.25, 0.3) is 5.92 Å². The van der Waals surface area contributed by atoms with Gasteiger partial charge in [-0.3, -0.25) is 0 Å². The van der Waals surface area contributed by atoms with Crippen molar-refractivity contribution in [1.29, 1.82) is 0 Å². The molecule has 0 fully saturated rings. The Hall–Kier alpha value is -0.370. The molecule has 0 bridgehead atoms. The van der Waals surface area contributed by atoms with Crippen molar-refractivity contribution in [1.82, 2.24) is 0 Å². The maximum atomic E-state index is 12.3. The first-order valence-electron chi connectivity index (χ1n) is 2.51. The molecule has 0 nitrogen and oxygen atoms in total. The lowest BCUT2D eigenvalue weighted by Crippen LogP contribution is -2.25. The Morgan fingerprint density at radius 3 is 2.33 bits per heavy atom. The van der Waals surface area contributed by atoms with E-state index in [0.29, 0.717) is 0 Å². The fourth-order valence-electron chi connectivity index (χ4n) is 0.566. The lowest BCUT2D eigenvalue weighted by atomic mass is 10.1. The number of hydrogen-bond donors (Lipinski definition) is 0. The summed E-state index contributed by atoms with van der Waals surface area (Å²) in [7, 11) is 0. The van der Waals surface area contributed by atoms with Crippen LogP contribution in [0.4, 0.5) is 8.78 Å². The van der Waals surface area contributed by atoms with Crippen LogP contribution >= 0.6 is 11.6 Å². The predicted molar refractivity (Wildman–Crippen MR) is 32.9 cm³/mol. The zero-order valence-corrected chi connectivity index (χ0v) is 5.28. The summed E-state index contributed by atoms with van der Waals surface area (Å²) in [5, 5.41) is -1.18. The van der Waals surface area contributed by atoms with Crippen LogP contribution < -0.4 is 0 Å². The Bertz CT molecular complexity index is 160. The number of allylic oxidation sites excluding steroid dienone is 4. The molecule has 0 heterocycles. The van der Waals surface area contributed by atoms with Crippen LogP contribution in [-0.4, -0.2) is 11.3 Å². The second kappa shape index (κ2) is 2.10. The molecule has 0 spiro atoms. The lowest BCUT2D eigenvalue weighted by Gasteiger charge is -2.16. The van der Waals surface area contributed by atoms with E-state index in [9.17, 15) is 8.78 Å². The number of alkyl halides is 3. The Morgan fingerprint density at radius 2 is 2.00 bits per heavy atom. The van der Waals surface area contributed by atoms with Crippen molar-refractivity contribution in [2.45, 2.75) is 11.3 Å². The normalized spacial score (nSPS) is 30.8. The molecule has 0 amide bonds. The highest BCUT2D eigenvalue weighted by molar-refractivity contribution is 6.22. The van der Waals surface area contributed by atoms with Gasteiger partial charge in [0.1, 0.15) is 5.38 Å². The molecule has 1 unspecified atom stereocenters. The topological polar surface area (TPSA) is 0 Å². The average Bonchev–Trinajstić information content (AvgIpc) is 1.77. The van der Waals surface area contributed by atoms with E-state index < -0.39 is 11.3 Å². The van der Waals surface area contributed by atoms with Gasteiger partial charge in [-0.1, -0.05) is 18.2 Å². The highest BCUT2D eigenvalue weighted by Gasteiger charge is 2.34. The van der Waals surface area contributed by atoms with Gasteiger partial charge in [0.15, 0.2) is 0 Å². The van der Waals surface area contributed by atoms with Crippen molar-refractivity contribution in [2.75, 3.05) is 0 Å². The Morgan fingerprint density at radius 1 is 1.33 bits per heavy atom. The minimum absolute atomic E-state index is 0.796. The van der Waals surface area contributed by atoms with E-state index in [1.807, 2.05) is 0 Å². The van der Waals surface area contributed by atoms with E-state index in [4.69, 9.17) is 11.6 Å². The van der Waals surface area contributed by atoms with Gasteiger partial charge in [0.2, 0.25) is 0 Å². The van der Waals surface area contributed by atoms with Crippen molar-refractivity contribution in [3.63, 3.8) is 0 Å². The molecule has 50 valence electrons. The molecule has 0 radical (unpaired) electrons. The molecule has 1 atom stereocenters. The second-order valence-electron chi connectivity index (χ2n) is 1.82. The third kappa shape index (κ3) is 1.30. The smallest absolute Gasteiger partial charge is 0.200 e. The van der Waals surface area contributed by atoms with Gasteiger partial charge < -0.3 is 0 Å². The van der Waals surface area contributed by atoms with Gasteiger partial charge in [0.05, 0.1) is 0 Å². The molecular weight excluding hydrogens is 146 g/mol. The summed E-state index contributed by atoms with van der Waals surface area (Å²) in [6, 6.07) is 0. The number of rotatable bonds is 0. The van der Waals surface area contributed by atoms with Crippen LogP contribution in [0.1, 0.15) is 0 Å². The van der Waals surface area contributed by atoms with Crippen LogP contribution in [0.2, 0.25) is 0 Å². The molecule has 1 aliphatic rings. The number of hydrogen-bond acceptors (Lipinski definition) is 0. The van der Waals surface area contributed by atoms with Gasteiger partial charge in [-0.15, -0.1) is 11.6 Å². The average molecular weight is 151 g/mol. The van der Waals surface area contributed by atoms with E-state index in [2.05, 4.69) is 0 Å². The summed E-state index contributed by atoms with van der Waals surface area (Å²) < 4.78 is 24.7. The van der Waals surface area contributed by atoms with Gasteiger partial charge in [-0.25, -0.2) is 0 Å². The minimum atomic E-state index is -2.86. The zero-order valence-electron chi connectivity index (χ0n) is 4.52. The fraction of sp³-hybridized carbons (Fsp3) is 0.333. The SMILES string of the molecule is FC1(F)C=CC=CC1Cl. The molecule has 0 aromatic rings. The highest BCUT2D eigenvalue weighted by atomic mass is 35.5. The molecule has 0 saturated heterocycles. The molecule has 1 aliphatic carbocycles. The molecule has 3 heteroatoms. The van der Waals surface area contributed by atoms with Crippen molar-refractivity contribution in [3.8, 4) is 0 Å².